The largest absolute Gasteiger partial charge is 0.506 e. The Morgan fingerprint density at radius 1 is 1.12 bits per heavy atom. The fourth-order valence-corrected chi connectivity index (χ4v) is 2.62. The Balaban J connectivity index is 1.83. The minimum absolute atomic E-state index is 0.0324. The Bertz CT molecular complexity index is 752. The number of aliphatic hydroxyl groups excluding tert-OH is 4. The Morgan fingerprint density at radius 3 is 2.67 bits per heavy atom. The van der Waals surface area contributed by atoms with Gasteiger partial charge in [-0.05, 0) is 12.1 Å². The van der Waals surface area contributed by atoms with Crippen molar-refractivity contribution < 1.29 is 30.3 Å². The molecule has 1 aliphatic heterocycles. The maximum Gasteiger partial charge on any atom is 0.180 e. The zero-order valence-corrected chi connectivity index (χ0v) is 12.6. The molecular formula is C16H18N2O6. The van der Waals surface area contributed by atoms with Crippen LogP contribution in [0.5, 0.6) is 5.75 Å². The second kappa shape index (κ2) is 6.80. The van der Waals surface area contributed by atoms with Crippen LogP contribution in [0.1, 0.15) is 5.69 Å². The van der Waals surface area contributed by atoms with E-state index in [1.807, 2.05) is 0 Å². The highest BCUT2D eigenvalue weighted by Gasteiger charge is 2.43. The standard InChI is InChI=1S/C16H18N2O6/c19-7-11-14(21)15(22)13(16(23)24-11)17-6-9-5-4-8-2-1-3-10(20)12(8)18-9/h1-6,11,13-16,19-23H,7H2/t11?,13-,14+,15?,16?/m0/s1. The number of pyridine rings is 1. The summed E-state index contributed by atoms with van der Waals surface area (Å²) in [6.45, 7) is -0.531. The van der Waals surface area contributed by atoms with Gasteiger partial charge in [0, 0.05) is 11.6 Å². The minimum atomic E-state index is -1.47. The predicted octanol–water partition coefficient (Wildman–Crippen LogP) is -0.841. The van der Waals surface area contributed by atoms with Crippen LogP contribution in [-0.2, 0) is 4.74 Å². The van der Waals surface area contributed by atoms with Crippen molar-refractivity contribution in [1.82, 2.24) is 4.98 Å². The number of hydrogen-bond acceptors (Lipinski definition) is 8. The van der Waals surface area contributed by atoms with Gasteiger partial charge in [-0.15, -0.1) is 0 Å². The molecule has 0 aliphatic carbocycles. The number of aromatic nitrogens is 1. The number of rotatable bonds is 3. The number of aliphatic hydroxyl groups is 4. The van der Waals surface area contributed by atoms with Gasteiger partial charge in [-0.1, -0.05) is 18.2 Å². The highest BCUT2D eigenvalue weighted by Crippen LogP contribution is 2.23. The lowest BCUT2D eigenvalue weighted by Gasteiger charge is -2.38. The van der Waals surface area contributed by atoms with Crippen molar-refractivity contribution in [3.8, 4) is 5.75 Å². The maximum absolute atomic E-state index is 10.0. The molecule has 128 valence electrons. The number of phenolic OH excluding ortho intramolecular Hbond substituents is 1. The Morgan fingerprint density at radius 2 is 1.92 bits per heavy atom. The molecule has 0 bridgehead atoms. The summed E-state index contributed by atoms with van der Waals surface area (Å²) in [7, 11) is 0. The van der Waals surface area contributed by atoms with Crippen molar-refractivity contribution in [2.75, 3.05) is 6.61 Å². The highest BCUT2D eigenvalue weighted by atomic mass is 16.6. The third-order valence-electron chi connectivity index (χ3n) is 3.97. The molecule has 1 fully saturated rings. The summed E-state index contributed by atoms with van der Waals surface area (Å²) in [5.74, 6) is 0.0324. The SMILES string of the molecule is OCC1OC(O)[C@@H](N=Cc2ccc3cccc(O)c3n2)C(O)[C@@H]1O. The van der Waals surface area contributed by atoms with E-state index in [0.717, 1.165) is 5.39 Å². The van der Waals surface area contributed by atoms with Crippen LogP contribution in [0, 0.1) is 0 Å². The van der Waals surface area contributed by atoms with E-state index >= 15 is 0 Å². The van der Waals surface area contributed by atoms with Gasteiger partial charge in [-0.2, -0.15) is 0 Å². The Kier molecular flexibility index (Phi) is 4.74. The molecular weight excluding hydrogens is 316 g/mol. The van der Waals surface area contributed by atoms with Crippen molar-refractivity contribution in [2.45, 2.75) is 30.6 Å². The summed E-state index contributed by atoms with van der Waals surface area (Å²) >= 11 is 0. The molecule has 5 N–H and O–H groups in total. The second-order valence-electron chi connectivity index (χ2n) is 5.58. The van der Waals surface area contributed by atoms with Crippen LogP contribution in [0.4, 0.5) is 0 Å². The lowest BCUT2D eigenvalue weighted by atomic mass is 9.97. The molecule has 3 rings (SSSR count). The molecule has 1 aromatic carbocycles. The third-order valence-corrected chi connectivity index (χ3v) is 3.97. The molecule has 1 aromatic heterocycles. The molecule has 0 spiro atoms. The molecule has 0 radical (unpaired) electrons. The molecule has 0 amide bonds. The number of aromatic hydroxyl groups is 1. The third kappa shape index (κ3) is 3.10. The van der Waals surface area contributed by atoms with Gasteiger partial charge in [0.15, 0.2) is 6.29 Å². The number of phenols is 1. The number of hydrogen-bond donors (Lipinski definition) is 5. The van der Waals surface area contributed by atoms with Crippen LogP contribution in [0.2, 0.25) is 0 Å². The summed E-state index contributed by atoms with van der Waals surface area (Å²) < 4.78 is 5.03. The van der Waals surface area contributed by atoms with Crippen LogP contribution in [-0.4, -0.2) is 74.0 Å². The van der Waals surface area contributed by atoms with Crippen LogP contribution < -0.4 is 0 Å². The Hall–Kier alpha value is -2.10. The van der Waals surface area contributed by atoms with Crippen LogP contribution in [0.15, 0.2) is 35.3 Å². The van der Waals surface area contributed by atoms with Gasteiger partial charge in [-0.3, -0.25) is 4.99 Å². The molecule has 1 aliphatic rings. The van der Waals surface area contributed by atoms with E-state index in [9.17, 15) is 20.4 Å². The quantitative estimate of drug-likeness (QED) is 0.462. The topological polar surface area (TPSA) is 136 Å². The van der Waals surface area contributed by atoms with Gasteiger partial charge < -0.3 is 30.3 Å². The number of aliphatic imine (C=N–C) groups is 1. The maximum atomic E-state index is 10.0. The number of ether oxygens (including phenoxy) is 1. The molecule has 3 unspecified atom stereocenters. The second-order valence-corrected chi connectivity index (χ2v) is 5.58. The van der Waals surface area contributed by atoms with Gasteiger partial charge in [-0.25, -0.2) is 4.98 Å². The molecule has 8 nitrogen and oxygen atoms in total. The molecule has 2 heterocycles. The van der Waals surface area contributed by atoms with Crippen LogP contribution in [0.25, 0.3) is 10.9 Å². The zero-order valence-electron chi connectivity index (χ0n) is 12.6. The minimum Gasteiger partial charge on any atom is -0.506 e. The lowest BCUT2D eigenvalue weighted by Crippen LogP contribution is -2.57. The fourth-order valence-electron chi connectivity index (χ4n) is 2.62. The first-order chi connectivity index (χ1) is 11.5. The summed E-state index contributed by atoms with van der Waals surface area (Å²) in [5, 5.41) is 49.4. The average Bonchev–Trinajstić information content (AvgIpc) is 2.58. The number of nitrogens with zero attached hydrogens (tertiary/aromatic N) is 2. The first-order valence-corrected chi connectivity index (χ1v) is 7.43. The molecule has 8 heteroatoms. The Labute approximate surface area is 137 Å². The van der Waals surface area contributed by atoms with Gasteiger partial charge >= 0.3 is 0 Å². The number of para-hydroxylation sites is 1. The number of benzene rings is 1. The summed E-state index contributed by atoms with van der Waals surface area (Å²) in [4.78, 5) is 8.29. The van der Waals surface area contributed by atoms with Crippen LogP contribution in [0.3, 0.4) is 0 Å². The molecule has 24 heavy (non-hydrogen) atoms. The summed E-state index contributed by atoms with van der Waals surface area (Å²) in [6.07, 6.45) is -3.98. The van der Waals surface area contributed by atoms with E-state index in [1.165, 1.54) is 12.3 Å². The predicted molar refractivity (Wildman–Crippen MR) is 84.8 cm³/mol. The van der Waals surface area contributed by atoms with Crippen molar-refractivity contribution in [1.29, 1.82) is 0 Å². The van der Waals surface area contributed by atoms with Gasteiger partial charge in [0.05, 0.1) is 12.3 Å². The smallest absolute Gasteiger partial charge is 0.180 e. The normalized spacial score (nSPS) is 30.9. The molecule has 2 aromatic rings. The highest BCUT2D eigenvalue weighted by molar-refractivity contribution is 5.88. The summed E-state index contributed by atoms with van der Waals surface area (Å²) in [5.41, 5.74) is 0.810. The summed E-state index contributed by atoms with van der Waals surface area (Å²) in [6, 6.07) is 7.33. The van der Waals surface area contributed by atoms with Crippen molar-refractivity contribution in [2.24, 2.45) is 4.99 Å². The lowest BCUT2D eigenvalue weighted by molar-refractivity contribution is -0.248. The van der Waals surface area contributed by atoms with Gasteiger partial charge in [0.1, 0.15) is 35.6 Å². The average molecular weight is 334 g/mol. The fraction of sp³-hybridized carbons (Fsp3) is 0.375. The molecule has 5 atom stereocenters. The first-order valence-electron chi connectivity index (χ1n) is 7.43. The first kappa shape index (κ1) is 16.7. The van der Waals surface area contributed by atoms with Crippen molar-refractivity contribution in [3.05, 3.63) is 36.0 Å². The van der Waals surface area contributed by atoms with Crippen molar-refractivity contribution in [3.63, 3.8) is 0 Å². The molecule has 0 saturated carbocycles. The van der Waals surface area contributed by atoms with Gasteiger partial charge in [0.2, 0.25) is 0 Å². The van der Waals surface area contributed by atoms with Crippen molar-refractivity contribution >= 4 is 17.1 Å². The van der Waals surface area contributed by atoms with E-state index in [2.05, 4.69) is 9.98 Å². The van der Waals surface area contributed by atoms with E-state index in [1.54, 1.807) is 24.3 Å². The molecule has 1 saturated heterocycles. The van der Waals surface area contributed by atoms with E-state index in [0.29, 0.717) is 11.2 Å². The van der Waals surface area contributed by atoms with E-state index < -0.39 is 37.3 Å². The van der Waals surface area contributed by atoms with Gasteiger partial charge in [0.25, 0.3) is 0 Å². The van der Waals surface area contributed by atoms with E-state index in [4.69, 9.17) is 9.84 Å². The van der Waals surface area contributed by atoms with E-state index in [-0.39, 0.29) is 5.75 Å². The van der Waals surface area contributed by atoms with Crippen LogP contribution >= 0.6 is 0 Å². The number of fused-ring (bicyclic) bond motifs is 1. The monoisotopic (exact) mass is 334 g/mol. The zero-order chi connectivity index (χ0) is 17.3.